The quantitative estimate of drug-likeness (QED) is 0.436. The first-order chi connectivity index (χ1) is 9.24. The maximum absolute atomic E-state index is 4.25. The Labute approximate surface area is 126 Å². The lowest BCUT2D eigenvalue weighted by Gasteiger charge is -2.33. The van der Waals surface area contributed by atoms with Gasteiger partial charge in [0.1, 0.15) is 0 Å². The fraction of sp³-hybridized carbons (Fsp3) is 1.00. The second kappa shape index (κ2) is 11.0. The molecule has 0 aromatic heterocycles. The van der Waals surface area contributed by atoms with Crippen LogP contribution in [-0.2, 0) is 0 Å². The summed E-state index contributed by atoms with van der Waals surface area (Å²) in [6.07, 6.45) is 12.7. The number of piperidine rings is 1. The highest BCUT2D eigenvalue weighted by molar-refractivity contribution is 7.80. The summed E-state index contributed by atoms with van der Waals surface area (Å²) in [6, 6.07) is 0. The zero-order valence-electron chi connectivity index (χ0n) is 13.2. The van der Waals surface area contributed by atoms with Crippen molar-refractivity contribution in [3.05, 3.63) is 0 Å². The molecule has 1 rings (SSSR count). The molecular weight excluding hydrogens is 250 g/mol. The van der Waals surface area contributed by atoms with Crippen molar-refractivity contribution in [2.24, 2.45) is 11.8 Å². The first-order valence-corrected chi connectivity index (χ1v) is 9.20. The number of rotatable bonds is 10. The van der Waals surface area contributed by atoms with Crippen LogP contribution in [0.1, 0.15) is 71.6 Å². The van der Waals surface area contributed by atoms with Gasteiger partial charge < -0.3 is 4.90 Å². The molecule has 0 bridgehead atoms. The average molecular weight is 286 g/mol. The lowest BCUT2D eigenvalue weighted by Crippen LogP contribution is -2.35. The van der Waals surface area contributed by atoms with Crippen molar-refractivity contribution >= 4 is 12.6 Å². The second-order valence-corrected chi connectivity index (χ2v) is 7.07. The van der Waals surface area contributed by atoms with E-state index in [1.165, 1.54) is 77.4 Å². The van der Waals surface area contributed by atoms with Gasteiger partial charge in [-0.3, -0.25) is 0 Å². The number of unbranched alkanes of at least 4 members (excludes halogenated alkanes) is 6. The lowest BCUT2D eigenvalue weighted by atomic mass is 9.87. The number of nitrogens with zero attached hydrogens (tertiary/aromatic N) is 1. The molecular formula is C17H35NS. The van der Waals surface area contributed by atoms with E-state index >= 15 is 0 Å². The minimum atomic E-state index is 0.888. The van der Waals surface area contributed by atoms with Crippen LogP contribution < -0.4 is 0 Å². The van der Waals surface area contributed by atoms with Crippen LogP contribution in [0.15, 0.2) is 0 Å². The highest BCUT2D eigenvalue weighted by Gasteiger charge is 2.20. The summed E-state index contributed by atoms with van der Waals surface area (Å²) in [5.74, 6) is 2.94. The topological polar surface area (TPSA) is 3.24 Å². The van der Waals surface area contributed by atoms with Crippen LogP contribution in [0.4, 0.5) is 0 Å². The van der Waals surface area contributed by atoms with Gasteiger partial charge in [-0.05, 0) is 62.9 Å². The predicted molar refractivity (Wildman–Crippen MR) is 90.2 cm³/mol. The van der Waals surface area contributed by atoms with E-state index in [4.69, 9.17) is 0 Å². The standard InChI is InChI=1S/C17H35NS/c1-16(2)17-10-13-18(14-11-17)12-8-6-4-3-5-7-9-15-19/h16-17,19H,3-15H2,1-2H3. The van der Waals surface area contributed by atoms with Crippen LogP contribution >= 0.6 is 12.6 Å². The molecule has 1 aliphatic rings. The van der Waals surface area contributed by atoms with E-state index in [1.807, 2.05) is 0 Å². The number of likely N-dealkylation sites (tertiary alicyclic amines) is 1. The Morgan fingerprint density at radius 2 is 1.42 bits per heavy atom. The van der Waals surface area contributed by atoms with Crippen molar-refractivity contribution in [1.82, 2.24) is 4.90 Å². The molecule has 114 valence electrons. The summed E-state index contributed by atoms with van der Waals surface area (Å²) in [7, 11) is 0. The van der Waals surface area contributed by atoms with Gasteiger partial charge in [-0.2, -0.15) is 12.6 Å². The van der Waals surface area contributed by atoms with Crippen molar-refractivity contribution in [2.45, 2.75) is 71.6 Å². The fourth-order valence-electron chi connectivity index (χ4n) is 3.17. The highest BCUT2D eigenvalue weighted by atomic mass is 32.1. The van der Waals surface area contributed by atoms with Crippen molar-refractivity contribution in [3.63, 3.8) is 0 Å². The normalized spacial score (nSPS) is 18.3. The minimum absolute atomic E-state index is 0.888. The molecule has 1 aliphatic heterocycles. The molecule has 0 N–H and O–H groups in total. The van der Waals surface area contributed by atoms with Crippen LogP contribution in [0, 0.1) is 11.8 Å². The molecule has 0 amide bonds. The third-order valence-electron chi connectivity index (χ3n) is 4.71. The average Bonchev–Trinajstić information content (AvgIpc) is 2.42. The van der Waals surface area contributed by atoms with Crippen molar-refractivity contribution < 1.29 is 0 Å². The maximum Gasteiger partial charge on any atom is -0.00160 e. The Bertz CT molecular complexity index is 197. The van der Waals surface area contributed by atoms with E-state index in [1.54, 1.807) is 0 Å². The summed E-state index contributed by atoms with van der Waals surface area (Å²) in [4.78, 5) is 2.69. The Morgan fingerprint density at radius 3 is 1.95 bits per heavy atom. The van der Waals surface area contributed by atoms with Gasteiger partial charge in [-0.1, -0.05) is 46.0 Å². The van der Waals surface area contributed by atoms with Gasteiger partial charge in [0, 0.05) is 0 Å². The molecule has 0 unspecified atom stereocenters. The van der Waals surface area contributed by atoms with E-state index in [-0.39, 0.29) is 0 Å². The van der Waals surface area contributed by atoms with E-state index in [0.29, 0.717) is 0 Å². The Morgan fingerprint density at radius 1 is 0.895 bits per heavy atom. The Kier molecular flexibility index (Phi) is 10.1. The Balaban J connectivity index is 1.88. The molecule has 0 aromatic carbocycles. The minimum Gasteiger partial charge on any atom is -0.303 e. The SMILES string of the molecule is CC(C)C1CCN(CCCCCCCCCS)CC1. The molecule has 1 heterocycles. The third-order valence-corrected chi connectivity index (χ3v) is 5.02. The van der Waals surface area contributed by atoms with Crippen LogP contribution in [0.3, 0.4) is 0 Å². The van der Waals surface area contributed by atoms with Gasteiger partial charge in [-0.25, -0.2) is 0 Å². The third kappa shape index (κ3) is 8.24. The molecule has 0 spiro atoms. The molecule has 1 saturated heterocycles. The van der Waals surface area contributed by atoms with Gasteiger partial charge in [0.05, 0.1) is 0 Å². The van der Waals surface area contributed by atoms with Crippen molar-refractivity contribution in [3.8, 4) is 0 Å². The first-order valence-electron chi connectivity index (χ1n) is 8.57. The first kappa shape index (κ1) is 17.4. The molecule has 1 fully saturated rings. The molecule has 2 heteroatoms. The molecule has 0 aromatic rings. The van der Waals surface area contributed by atoms with E-state index in [0.717, 1.165) is 17.6 Å². The van der Waals surface area contributed by atoms with Gasteiger partial charge >= 0.3 is 0 Å². The zero-order chi connectivity index (χ0) is 13.9. The Hall–Kier alpha value is 0.310. The molecule has 0 aliphatic carbocycles. The van der Waals surface area contributed by atoms with Gasteiger partial charge in [0.2, 0.25) is 0 Å². The fourth-order valence-corrected chi connectivity index (χ4v) is 3.40. The molecule has 1 nitrogen and oxygen atoms in total. The summed E-state index contributed by atoms with van der Waals surface area (Å²) < 4.78 is 0. The predicted octanol–water partition coefficient (Wildman–Crippen LogP) is 5.01. The summed E-state index contributed by atoms with van der Waals surface area (Å²) >= 11 is 4.25. The van der Waals surface area contributed by atoms with Crippen LogP contribution in [0.25, 0.3) is 0 Å². The van der Waals surface area contributed by atoms with Crippen LogP contribution in [-0.4, -0.2) is 30.3 Å². The lowest BCUT2D eigenvalue weighted by molar-refractivity contribution is 0.155. The van der Waals surface area contributed by atoms with Gasteiger partial charge in [-0.15, -0.1) is 0 Å². The van der Waals surface area contributed by atoms with Crippen LogP contribution in [0.5, 0.6) is 0 Å². The number of hydrogen-bond donors (Lipinski definition) is 1. The van der Waals surface area contributed by atoms with E-state index in [9.17, 15) is 0 Å². The molecule has 0 saturated carbocycles. The van der Waals surface area contributed by atoms with Gasteiger partial charge in [0.15, 0.2) is 0 Å². The van der Waals surface area contributed by atoms with E-state index in [2.05, 4.69) is 31.4 Å². The largest absolute Gasteiger partial charge is 0.303 e. The summed E-state index contributed by atoms with van der Waals surface area (Å²) in [5.41, 5.74) is 0. The van der Waals surface area contributed by atoms with E-state index < -0.39 is 0 Å². The number of hydrogen-bond acceptors (Lipinski definition) is 2. The summed E-state index contributed by atoms with van der Waals surface area (Å²) in [5, 5.41) is 0. The highest BCUT2D eigenvalue weighted by Crippen LogP contribution is 2.24. The zero-order valence-corrected chi connectivity index (χ0v) is 14.1. The smallest absolute Gasteiger partial charge is 0.00160 e. The summed E-state index contributed by atoms with van der Waals surface area (Å²) in [6.45, 7) is 8.82. The second-order valence-electron chi connectivity index (χ2n) is 6.62. The number of thiol groups is 1. The molecule has 0 radical (unpaired) electrons. The van der Waals surface area contributed by atoms with Gasteiger partial charge in [0.25, 0.3) is 0 Å². The molecule has 0 atom stereocenters. The molecule has 19 heavy (non-hydrogen) atoms. The van der Waals surface area contributed by atoms with Crippen LogP contribution in [0.2, 0.25) is 0 Å². The van der Waals surface area contributed by atoms with Crippen molar-refractivity contribution in [2.75, 3.05) is 25.4 Å². The maximum atomic E-state index is 4.25. The van der Waals surface area contributed by atoms with Crippen molar-refractivity contribution in [1.29, 1.82) is 0 Å². The monoisotopic (exact) mass is 285 g/mol.